The molecule has 0 aromatic rings. The van der Waals surface area contributed by atoms with E-state index in [4.69, 9.17) is 23.2 Å². The molecule has 0 spiro atoms. The van der Waals surface area contributed by atoms with Gasteiger partial charge in [-0.1, -0.05) is 24.3 Å². The molecule has 0 saturated carbocycles. The zero-order valence-electron chi connectivity index (χ0n) is 5.37. The number of hydrogen-bond donors (Lipinski definition) is 0. The minimum atomic E-state index is 0.171. The van der Waals surface area contributed by atoms with Crippen LogP contribution in [0, 0.1) is 11.8 Å². The van der Waals surface area contributed by atoms with Crippen molar-refractivity contribution in [2.45, 2.75) is 10.8 Å². The van der Waals surface area contributed by atoms with E-state index in [0.29, 0.717) is 11.8 Å². The molecular weight excluding hydrogens is 167 g/mol. The summed E-state index contributed by atoms with van der Waals surface area (Å²) in [6, 6.07) is 0. The van der Waals surface area contributed by atoms with Crippen LogP contribution in [0.15, 0.2) is 24.3 Å². The van der Waals surface area contributed by atoms with Crippen LogP contribution in [0.5, 0.6) is 0 Å². The predicted molar refractivity (Wildman–Crippen MR) is 44.5 cm³/mol. The van der Waals surface area contributed by atoms with Crippen molar-refractivity contribution in [2.75, 3.05) is 0 Å². The lowest BCUT2D eigenvalue weighted by molar-refractivity contribution is 0.560. The van der Waals surface area contributed by atoms with Gasteiger partial charge in [0.25, 0.3) is 0 Å². The molecule has 0 aromatic carbocycles. The second-order valence-electron chi connectivity index (χ2n) is 2.81. The van der Waals surface area contributed by atoms with Crippen LogP contribution in [0.1, 0.15) is 0 Å². The number of fused-ring (bicyclic) bond motifs is 1. The van der Waals surface area contributed by atoms with Gasteiger partial charge in [-0.2, -0.15) is 0 Å². The third-order valence-electron chi connectivity index (χ3n) is 2.21. The number of hydrogen-bond acceptors (Lipinski definition) is 0. The zero-order valence-corrected chi connectivity index (χ0v) is 6.89. The van der Waals surface area contributed by atoms with Gasteiger partial charge in [-0.25, -0.2) is 0 Å². The van der Waals surface area contributed by atoms with E-state index in [1.165, 1.54) is 0 Å². The molecule has 0 aliphatic heterocycles. The fraction of sp³-hybridized carbons (Fsp3) is 0.500. The van der Waals surface area contributed by atoms with Crippen LogP contribution >= 0.6 is 23.2 Å². The lowest BCUT2D eigenvalue weighted by Gasteiger charge is -2.13. The molecule has 0 N–H and O–H groups in total. The molecule has 0 aromatic heterocycles. The van der Waals surface area contributed by atoms with E-state index in [1.54, 1.807) is 0 Å². The summed E-state index contributed by atoms with van der Waals surface area (Å²) in [4.78, 5) is 0. The van der Waals surface area contributed by atoms with Crippen LogP contribution in [0.2, 0.25) is 0 Å². The van der Waals surface area contributed by atoms with Crippen molar-refractivity contribution >= 4 is 23.2 Å². The Morgan fingerprint density at radius 3 is 1.50 bits per heavy atom. The van der Waals surface area contributed by atoms with Crippen molar-refractivity contribution in [3.8, 4) is 0 Å². The monoisotopic (exact) mass is 174 g/mol. The fourth-order valence-corrected chi connectivity index (χ4v) is 2.29. The summed E-state index contributed by atoms with van der Waals surface area (Å²) >= 11 is 12.0. The maximum Gasteiger partial charge on any atom is 0.0585 e. The van der Waals surface area contributed by atoms with Crippen LogP contribution in [0.3, 0.4) is 0 Å². The van der Waals surface area contributed by atoms with Gasteiger partial charge < -0.3 is 0 Å². The molecule has 0 fully saturated rings. The fourth-order valence-electron chi connectivity index (χ4n) is 1.62. The molecule has 0 bridgehead atoms. The van der Waals surface area contributed by atoms with E-state index in [0.717, 1.165) is 0 Å². The van der Waals surface area contributed by atoms with Crippen LogP contribution in [-0.2, 0) is 0 Å². The zero-order chi connectivity index (χ0) is 7.14. The normalized spacial score (nSPS) is 50.2. The van der Waals surface area contributed by atoms with Crippen molar-refractivity contribution in [1.82, 2.24) is 0 Å². The SMILES string of the molecule is ClC1C=CC2C(Cl)C=CC12. The van der Waals surface area contributed by atoms with Gasteiger partial charge in [-0.15, -0.1) is 23.2 Å². The Morgan fingerprint density at radius 2 is 1.10 bits per heavy atom. The van der Waals surface area contributed by atoms with Crippen molar-refractivity contribution < 1.29 is 0 Å². The molecule has 0 radical (unpaired) electrons. The van der Waals surface area contributed by atoms with Crippen molar-refractivity contribution in [1.29, 1.82) is 0 Å². The van der Waals surface area contributed by atoms with E-state index >= 15 is 0 Å². The number of allylic oxidation sites excluding steroid dienone is 4. The first-order chi connectivity index (χ1) is 4.79. The first-order valence-electron chi connectivity index (χ1n) is 3.44. The minimum absolute atomic E-state index is 0.171. The second-order valence-corrected chi connectivity index (χ2v) is 3.82. The summed E-state index contributed by atoms with van der Waals surface area (Å²) in [5.41, 5.74) is 0. The molecule has 4 atom stereocenters. The average Bonchev–Trinajstić information content (AvgIpc) is 2.41. The molecule has 0 heterocycles. The third-order valence-corrected chi connectivity index (χ3v) is 3.09. The number of alkyl halides is 2. The maximum absolute atomic E-state index is 5.98. The maximum atomic E-state index is 5.98. The molecule has 10 heavy (non-hydrogen) atoms. The van der Waals surface area contributed by atoms with Gasteiger partial charge in [-0.3, -0.25) is 0 Å². The second kappa shape index (κ2) is 2.28. The lowest BCUT2D eigenvalue weighted by Crippen LogP contribution is -2.14. The molecule has 0 saturated heterocycles. The lowest BCUT2D eigenvalue weighted by atomic mass is 9.99. The highest BCUT2D eigenvalue weighted by Gasteiger charge is 2.35. The van der Waals surface area contributed by atoms with Crippen LogP contribution in [0.25, 0.3) is 0 Å². The van der Waals surface area contributed by atoms with Gasteiger partial charge in [0.2, 0.25) is 0 Å². The largest absolute Gasteiger partial charge is 0.118 e. The van der Waals surface area contributed by atoms with Crippen molar-refractivity contribution in [2.24, 2.45) is 11.8 Å². The minimum Gasteiger partial charge on any atom is -0.118 e. The molecule has 2 heteroatoms. The van der Waals surface area contributed by atoms with Gasteiger partial charge in [0, 0.05) is 11.8 Å². The number of rotatable bonds is 0. The van der Waals surface area contributed by atoms with E-state index in [1.807, 2.05) is 12.2 Å². The summed E-state index contributed by atoms with van der Waals surface area (Å²) in [5, 5.41) is 0.343. The highest BCUT2D eigenvalue weighted by molar-refractivity contribution is 6.24. The summed E-state index contributed by atoms with van der Waals surface area (Å²) < 4.78 is 0. The quantitative estimate of drug-likeness (QED) is 0.392. The Labute approximate surface area is 70.5 Å². The first kappa shape index (κ1) is 6.75. The smallest absolute Gasteiger partial charge is 0.0585 e. The van der Waals surface area contributed by atoms with E-state index in [2.05, 4.69) is 12.2 Å². The first-order valence-corrected chi connectivity index (χ1v) is 4.31. The van der Waals surface area contributed by atoms with Crippen LogP contribution < -0.4 is 0 Å². The molecule has 4 unspecified atom stereocenters. The van der Waals surface area contributed by atoms with Crippen LogP contribution in [-0.4, -0.2) is 10.8 Å². The standard InChI is InChI=1S/C8H8Cl2/c9-7-3-1-5-6(7)2-4-8(5)10/h1-8H. The van der Waals surface area contributed by atoms with Gasteiger partial charge in [0.1, 0.15) is 0 Å². The van der Waals surface area contributed by atoms with Crippen molar-refractivity contribution in [3.63, 3.8) is 0 Å². The molecule has 2 aliphatic carbocycles. The summed E-state index contributed by atoms with van der Waals surface area (Å²) in [6.07, 6.45) is 8.32. The van der Waals surface area contributed by atoms with Gasteiger partial charge >= 0.3 is 0 Å². The Morgan fingerprint density at radius 1 is 0.700 bits per heavy atom. The predicted octanol–water partition coefficient (Wildman–Crippen LogP) is 2.57. The molecule has 0 amide bonds. The molecule has 2 aliphatic rings. The van der Waals surface area contributed by atoms with E-state index in [9.17, 15) is 0 Å². The Kier molecular flexibility index (Phi) is 1.54. The molecule has 0 nitrogen and oxygen atoms in total. The Balaban J connectivity index is 2.23. The van der Waals surface area contributed by atoms with Gasteiger partial charge in [0.05, 0.1) is 10.8 Å². The van der Waals surface area contributed by atoms with Crippen molar-refractivity contribution in [3.05, 3.63) is 24.3 Å². The summed E-state index contributed by atoms with van der Waals surface area (Å²) in [7, 11) is 0. The Bertz CT molecular complexity index is 173. The third kappa shape index (κ3) is 0.826. The topological polar surface area (TPSA) is 0 Å². The summed E-state index contributed by atoms with van der Waals surface area (Å²) in [6.45, 7) is 0. The molecular formula is C8H8Cl2. The highest BCUT2D eigenvalue weighted by Crippen LogP contribution is 2.39. The van der Waals surface area contributed by atoms with E-state index < -0.39 is 0 Å². The molecule has 54 valence electrons. The molecule has 2 rings (SSSR count). The number of halogens is 2. The van der Waals surface area contributed by atoms with Gasteiger partial charge in [0.15, 0.2) is 0 Å². The highest BCUT2D eigenvalue weighted by atomic mass is 35.5. The average molecular weight is 175 g/mol. The van der Waals surface area contributed by atoms with Crippen LogP contribution in [0.4, 0.5) is 0 Å². The van der Waals surface area contributed by atoms with E-state index in [-0.39, 0.29) is 10.8 Å². The summed E-state index contributed by atoms with van der Waals surface area (Å²) in [5.74, 6) is 0.924. The Hall–Kier alpha value is 0.0600. The van der Waals surface area contributed by atoms with Gasteiger partial charge in [-0.05, 0) is 0 Å².